The van der Waals surface area contributed by atoms with Crippen LogP contribution in [0.4, 0.5) is 0 Å². The van der Waals surface area contributed by atoms with Crippen LogP contribution in [-0.4, -0.2) is 192 Å². The maximum Gasteiger partial charge on any atom is 0.364 e. The average molecular weight is 1150 g/mol. The van der Waals surface area contributed by atoms with Gasteiger partial charge >= 0.3 is 5.97 Å². The number of carboxylic acid groups (broad SMARTS) is 1. The van der Waals surface area contributed by atoms with Crippen molar-refractivity contribution >= 4 is 17.8 Å². The Bertz CT molecular complexity index is 1700. The van der Waals surface area contributed by atoms with E-state index in [0.29, 0.717) is 6.42 Å². The van der Waals surface area contributed by atoms with Crippen molar-refractivity contribution in [2.75, 3.05) is 13.2 Å². The van der Waals surface area contributed by atoms with Gasteiger partial charge in [-0.2, -0.15) is 0 Å². The number of ether oxygens (including phenoxy) is 6. The van der Waals surface area contributed by atoms with E-state index >= 15 is 0 Å². The average Bonchev–Trinajstić information content (AvgIpc) is 3.63. The summed E-state index contributed by atoms with van der Waals surface area (Å²) in [6, 6.07) is -2.46. The van der Waals surface area contributed by atoms with Gasteiger partial charge in [-0.25, -0.2) is 4.79 Å². The molecule has 80 heavy (non-hydrogen) atoms. The predicted molar refractivity (Wildman–Crippen MR) is 299 cm³/mol. The summed E-state index contributed by atoms with van der Waals surface area (Å²) in [4.78, 5) is 38.3. The van der Waals surface area contributed by atoms with Crippen LogP contribution < -0.4 is 10.6 Å². The zero-order valence-corrected chi connectivity index (χ0v) is 49.0. The molecule has 3 heterocycles. The van der Waals surface area contributed by atoms with Crippen molar-refractivity contribution in [2.24, 2.45) is 0 Å². The molecular weight excluding hydrogens is 1040 g/mol. The molecule has 468 valence electrons. The van der Waals surface area contributed by atoms with E-state index in [4.69, 9.17) is 28.4 Å². The van der Waals surface area contributed by atoms with E-state index in [-0.39, 0.29) is 18.9 Å². The summed E-state index contributed by atoms with van der Waals surface area (Å²) >= 11 is 0. The Labute approximate surface area is 476 Å². The van der Waals surface area contributed by atoms with E-state index in [0.717, 1.165) is 51.9 Å². The van der Waals surface area contributed by atoms with Gasteiger partial charge in [0.2, 0.25) is 11.8 Å². The topological polar surface area (TPSA) is 333 Å². The Morgan fingerprint density at radius 3 is 1.65 bits per heavy atom. The van der Waals surface area contributed by atoms with Crippen molar-refractivity contribution in [3.63, 3.8) is 0 Å². The fourth-order valence-electron chi connectivity index (χ4n) is 10.9. The van der Waals surface area contributed by atoms with Crippen molar-refractivity contribution in [3.8, 4) is 0 Å². The minimum Gasteiger partial charge on any atom is -0.477 e. The van der Waals surface area contributed by atoms with Gasteiger partial charge in [0.15, 0.2) is 12.6 Å². The molecule has 0 saturated carbocycles. The Morgan fingerprint density at radius 2 is 1.15 bits per heavy atom. The number of unbranched alkanes of at least 4 members (excludes halogenated alkanes) is 25. The van der Waals surface area contributed by atoms with E-state index in [2.05, 4.69) is 24.5 Å². The van der Waals surface area contributed by atoms with Crippen molar-refractivity contribution in [1.82, 2.24) is 10.6 Å². The molecule has 0 aliphatic carbocycles. The number of nitrogens with one attached hydrogen (secondary N) is 2. The summed E-state index contributed by atoms with van der Waals surface area (Å²) in [7, 11) is 0. The number of aliphatic hydroxyl groups excluding tert-OH is 9. The largest absolute Gasteiger partial charge is 0.477 e. The Balaban J connectivity index is 1.62. The summed E-state index contributed by atoms with van der Waals surface area (Å²) in [6.07, 6.45) is 9.53. The van der Waals surface area contributed by atoms with Gasteiger partial charge in [0.05, 0.1) is 49.7 Å². The smallest absolute Gasteiger partial charge is 0.364 e. The van der Waals surface area contributed by atoms with Gasteiger partial charge in [-0.3, -0.25) is 9.59 Å². The van der Waals surface area contributed by atoms with Crippen molar-refractivity contribution in [3.05, 3.63) is 12.2 Å². The summed E-state index contributed by atoms with van der Waals surface area (Å²) in [6.45, 7) is 7.04. The predicted octanol–water partition coefficient (Wildman–Crippen LogP) is 5.22. The third kappa shape index (κ3) is 25.0. The highest BCUT2D eigenvalue weighted by Gasteiger charge is 2.60. The molecule has 12 N–H and O–H groups in total. The lowest BCUT2D eigenvalue weighted by atomic mass is 9.88. The number of hydrogen-bond acceptors (Lipinski definition) is 18. The van der Waals surface area contributed by atoms with E-state index in [1.165, 1.54) is 136 Å². The SMILES string of the molecule is CCCCCCCCCCCCCC=CC(O)C(COC1OC(C)C(OC2OC(C)C(O)C(O[C@]3(C(=O)O)CC(O)C(NC(C)=O)C(C(O)C(O)CO)O3)C2O)C(O)C1O)NC(=O)CCCCCCCCCCCCCCCCC. The van der Waals surface area contributed by atoms with Crippen LogP contribution in [0.1, 0.15) is 221 Å². The van der Waals surface area contributed by atoms with Gasteiger partial charge in [0, 0.05) is 19.8 Å². The molecule has 0 bridgehead atoms. The molecule has 3 aliphatic heterocycles. The number of hydrogen-bond donors (Lipinski definition) is 12. The van der Waals surface area contributed by atoms with Gasteiger partial charge < -0.3 is 90.1 Å². The van der Waals surface area contributed by atoms with Crippen LogP contribution in [0.3, 0.4) is 0 Å². The van der Waals surface area contributed by atoms with Crippen molar-refractivity contribution in [2.45, 2.75) is 331 Å². The number of amides is 2. The first kappa shape index (κ1) is 71.8. The second-order valence-electron chi connectivity index (χ2n) is 22.9. The number of allylic oxidation sites excluding steroid dienone is 1. The zero-order valence-electron chi connectivity index (χ0n) is 49.0. The highest BCUT2D eigenvalue weighted by molar-refractivity contribution is 5.77. The summed E-state index contributed by atoms with van der Waals surface area (Å²) < 4.78 is 35.2. The maximum atomic E-state index is 13.3. The Hall–Kier alpha value is -2.45. The van der Waals surface area contributed by atoms with Crippen LogP contribution >= 0.6 is 0 Å². The van der Waals surface area contributed by atoms with E-state index in [1.807, 2.05) is 6.08 Å². The zero-order chi connectivity index (χ0) is 59.0. The molecule has 0 spiro atoms. The molecule has 18 atom stereocenters. The molecule has 3 rings (SSSR count). The molecule has 0 radical (unpaired) electrons. The molecule has 0 aromatic carbocycles. The van der Waals surface area contributed by atoms with Crippen LogP contribution in [0.5, 0.6) is 0 Å². The van der Waals surface area contributed by atoms with Crippen molar-refractivity contribution in [1.29, 1.82) is 0 Å². The quantitative estimate of drug-likeness (QED) is 0.0275. The first-order valence-electron chi connectivity index (χ1n) is 30.8. The molecule has 21 heteroatoms. The lowest BCUT2D eigenvalue weighted by molar-refractivity contribution is -0.382. The first-order valence-corrected chi connectivity index (χ1v) is 30.8. The van der Waals surface area contributed by atoms with Gasteiger partial charge in [-0.05, 0) is 33.1 Å². The molecule has 3 aliphatic rings. The highest BCUT2D eigenvalue weighted by atomic mass is 16.8. The summed E-state index contributed by atoms with van der Waals surface area (Å²) in [5.74, 6) is -5.83. The number of aliphatic hydroxyl groups is 9. The minimum absolute atomic E-state index is 0.252. The van der Waals surface area contributed by atoms with Gasteiger partial charge in [0.25, 0.3) is 5.79 Å². The van der Waals surface area contributed by atoms with Crippen LogP contribution in [0.25, 0.3) is 0 Å². The molecule has 3 fully saturated rings. The van der Waals surface area contributed by atoms with E-state index < -0.39 is 135 Å². The lowest BCUT2D eigenvalue weighted by Crippen LogP contribution is -2.70. The lowest BCUT2D eigenvalue weighted by Gasteiger charge is -2.50. The third-order valence-corrected chi connectivity index (χ3v) is 15.9. The normalized spacial score (nSPS) is 30.7. The van der Waals surface area contributed by atoms with E-state index in [9.17, 15) is 65.4 Å². The molecule has 2 amide bonds. The molecular formula is C59H108N2O19. The second-order valence-corrected chi connectivity index (χ2v) is 22.9. The van der Waals surface area contributed by atoms with Gasteiger partial charge in [0.1, 0.15) is 54.9 Å². The standard InChI is InChI=1S/C59H108N2O19/c1-6-8-10-12-14-16-18-20-21-23-25-27-29-31-33-35-46(67)61-42(43(64)34-32-30-28-26-24-22-19-17-15-13-11-9-7-2)38-75-56-51(71)50(70)53(40(4)77-56)78-57-52(72)55(48(68)39(3)76-57)80-59(58(73)74)36-44(65)47(60-41(5)63)54(79-59)49(69)45(66)37-62/h32,34,39-40,42-45,47-57,62,64-66,68-72H,6-31,33,35-38H2,1-5H3,(H,60,63)(H,61,67)(H,73,74)/t39?,40?,42?,43?,44?,45?,47?,48?,49?,50?,51?,52?,53?,54?,55?,56?,57?,59-/m0/s1. The number of aliphatic carboxylic acids is 1. The Morgan fingerprint density at radius 1 is 0.650 bits per heavy atom. The third-order valence-electron chi connectivity index (χ3n) is 15.9. The molecule has 21 nitrogen and oxygen atoms in total. The number of carboxylic acids is 1. The summed E-state index contributed by atoms with van der Waals surface area (Å²) in [5, 5.41) is 115. The van der Waals surface area contributed by atoms with Crippen LogP contribution in [0.2, 0.25) is 0 Å². The maximum absolute atomic E-state index is 13.3. The Kier molecular flexibility index (Phi) is 35.9. The number of rotatable bonds is 43. The molecule has 3 saturated heterocycles. The fourth-order valence-corrected chi connectivity index (χ4v) is 10.9. The first-order chi connectivity index (χ1) is 38.3. The van der Waals surface area contributed by atoms with Gasteiger partial charge in [-0.1, -0.05) is 180 Å². The second kappa shape index (κ2) is 40.0. The summed E-state index contributed by atoms with van der Waals surface area (Å²) in [5.41, 5.74) is 0. The van der Waals surface area contributed by atoms with Crippen molar-refractivity contribution < 1.29 is 93.9 Å². The molecule has 0 aromatic rings. The fraction of sp³-hybridized carbons (Fsp3) is 0.915. The van der Waals surface area contributed by atoms with Crippen LogP contribution in [0.15, 0.2) is 12.2 Å². The number of carbonyl (C=O) groups excluding carboxylic acids is 2. The monoisotopic (exact) mass is 1150 g/mol. The van der Waals surface area contributed by atoms with Crippen LogP contribution in [0, 0.1) is 0 Å². The van der Waals surface area contributed by atoms with Gasteiger partial charge in [-0.15, -0.1) is 0 Å². The van der Waals surface area contributed by atoms with Crippen LogP contribution in [-0.2, 0) is 42.8 Å². The molecule has 0 aromatic heterocycles. The highest BCUT2D eigenvalue weighted by Crippen LogP contribution is 2.38. The minimum atomic E-state index is -2.95. The molecule has 17 unspecified atom stereocenters. The number of carbonyl (C=O) groups is 3. The van der Waals surface area contributed by atoms with E-state index in [1.54, 1.807) is 6.08 Å².